The van der Waals surface area contributed by atoms with Gasteiger partial charge in [-0.1, -0.05) is 35.9 Å². The molecule has 33 heavy (non-hydrogen) atoms. The van der Waals surface area contributed by atoms with E-state index in [4.69, 9.17) is 21.1 Å². The summed E-state index contributed by atoms with van der Waals surface area (Å²) >= 11 is 8.06. The van der Waals surface area contributed by atoms with Crippen LogP contribution in [0.5, 0.6) is 11.5 Å². The molecule has 0 aliphatic carbocycles. The van der Waals surface area contributed by atoms with Crippen LogP contribution in [0.25, 0.3) is 0 Å². The molecule has 3 rings (SSSR count). The molecule has 0 bridgehead atoms. The zero-order chi connectivity index (χ0) is 23.8. The summed E-state index contributed by atoms with van der Waals surface area (Å²) in [5.41, 5.74) is 3.57. The number of rotatable bonds is 9. The second-order valence-electron chi connectivity index (χ2n) is 6.65. The highest BCUT2D eigenvalue weighted by Gasteiger charge is 2.18. The lowest BCUT2D eigenvalue weighted by molar-refractivity contribution is -0.385. The molecule has 0 saturated heterocycles. The zero-order valence-corrected chi connectivity index (χ0v) is 20.4. The lowest BCUT2D eigenvalue weighted by Gasteiger charge is -2.15. The van der Waals surface area contributed by atoms with Crippen molar-refractivity contribution in [2.45, 2.75) is 13.5 Å². The van der Waals surface area contributed by atoms with Crippen molar-refractivity contribution in [3.05, 3.63) is 96.1 Å². The smallest absolute Gasteiger partial charge is 0.282 e. The maximum absolute atomic E-state index is 12.3. The first-order chi connectivity index (χ1) is 15.9. The van der Waals surface area contributed by atoms with Gasteiger partial charge in [-0.05, 0) is 71.0 Å². The Morgan fingerprint density at radius 1 is 1.18 bits per heavy atom. The van der Waals surface area contributed by atoms with Gasteiger partial charge in [0.15, 0.2) is 11.5 Å². The Bertz CT molecular complexity index is 1190. The number of nitrogens with zero attached hydrogens (tertiary/aromatic N) is 2. The van der Waals surface area contributed by atoms with Crippen LogP contribution in [0.1, 0.15) is 28.4 Å². The molecule has 0 aliphatic rings. The molecule has 0 spiro atoms. The van der Waals surface area contributed by atoms with Crippen molar-refractivity contribution in [3.63, 3.8) is 0 Å². The fourth-order valence-electron chi connectivity index (χ4n) is 2.85. The number of amides is 1. The molecule has 0 radical (unpaired) electrons. The van der Waals surface area contributed by atoms with Crippen molar-refractivity contribution in [2.24, 2.45) is 5.10 Å². The number of nitrogens with one attached hydrogen (secondary N) is 1. The minimum atomic E-state index is -0.679. The van der Waals surface area contributed by atoms with Crippen LogP contribution in [0, 0.1) is 13.7 Å². The van der Waals surface area contributed by atoms with Gasteiger partial charge in [0.1, 0.15) is 12.2 Å². The summed E-state index contributed by atoms with van der Waals surface area (Å²) in [5, 5.41) is 15.7. The third-order valence-corrected chi connectivity index (χ3v) is 5.41. The Morgan fingerprint density at radius 3 is 2.61 bits per heavy atom. The third-order valence-electron chi connectivity index (χ3n) is 4.35. The molecule has 3 aromatic carbocycles. The molecule has 0 aliphatic heterocycles. The maximum atomic E-state index is 12.3. The molecule has 0 aromatic heterocycles. The Hall–Kier alpha value is -3.18. The van der Waals surface area contributed by atoms with E-state index >= 15 is 0 Å². The molecule has 3 aromatic rings. The first-order valence-corrected chi connectivity index (χ1v) is 11.2. The number of hydrogen-bond donors (Lipinski definition) is 1. The number of nitro benzene ring substituents is 1. The van der Waals surface area contributed by atoms with E-state index in [1.165, 1.54) is 24.4 Å². The molecule has 1 amide bonds. The number of carbonyl (C=O) groups is 1. The normalized spacial score (nSPS) is 10.8. The first kappa shape index (κ1) is 24.5. The summed E-state index contributed by atoms with van der Waals surface area (Å²) in [6.07, 6.45) is 1.43. The maximum Gasteiger partial charge on any atom is 0.282 e. The van der Waals surface area contributed by atoms with Gasteiger partial charge >= 0.3 is 0 Å². The number of nitro groups is 1. The second-order valence-corrected chi connectivity index (χ2v) is 8.25. The van der Waals surface area contributed by atoms with E-state index in [0.29, 0.717) is 35.3 Å². The van der Waals surface area contributed by atoms with Crippen molar-refractivity contribution in [2.75, 3.05) is 6.61 Å². The Balaban J connectivity index is 1.74. The first-order valence-electron chi connectivity index (χ1n) is 9.79. The van der Waals surface area contributed by atoms with E-state index in [1.54, 1.807) is 24.3 Å². The van der Waals surface area contributed by atoms with Crippen LogP contribution in [0.4, 0.5) is 5.69 Å². The number of ether oxygens (including phenoxy) is 2. The molecule has 0 unspecified atom stereocenters. The topological polar surface area (TPSA) is 103 Å². The summed E-state index contributed by atoms with van der Waals surface area (Å²) in [4.78, 5) is 22.8. The van der Waals surface area contributed by atoms with E-state index in [2.05, 4.69) is 33.1 Å². The number of hydrogen-bond acceptors (Lipinski definition) is 6. The van der Waals surface area contributed by atoms with Crippen molar-refractivity contribution in [3.8, 4) is 11.5 Å². The third kappa shape index (κ3) is 6.65. The van der Waals surface area contributed by atoms with Gasteiger partial charge in [-0.25, -0.2) is 5.43 Å². The van der Waals surface area contributed by atoms with Gasteiger partial charge < -0.3 is 9.47 Å². The van der Waals surface area contributed by atoms with Gasteiger partial charge in [-0.15, -0.1) is 0 Å². The molecular formula is C23H19ClIN3O5. The molecule has 0 atom stereocenters. The van der Waals surface area contributed by atoms with Crippen LogP contribution in [0.2, 0.25) is 5.02 Å². The molecule has 0 saturated carbocycles. The van der Waals surface area contributed by atoms with Crippen LogP contribution in [0.15, 0.2) is 65.8 Å². The molecule has 0 heterocycles. The minimum Gasteiger partial charge on any atom is -0.490 e. The quantitative estimate of drug-likeness (QED) is 0.154. The summed E-state index contributed by atoms with van der Waals surface area (Å²) in [6.45, 7) is 2.64. The van der Waals surface area contributed by atoms with Crippen LogP contribution < -0.4 is 14.9 Å². The molecule has 170 valence electrons. The van der Waals surface area contributed by atoms with E-state index < -0.39 is 10.8 Å². The van der Waals surface area contributed by atoms with Gasteiger partial charge in [0.25, 0.3) is 11.6 Å². The highest BCUT2D eigenvalue weighted by atomic mass is 127. The van der Waals surface area contributed by atoms with Gasteiger partial charge in [-0.2, -0.15) is 5.10 Å². The number of hydrazone groups is 1. The van der Waals surface area contributed by atoms with Crippen molar-refractivity contribution in [1.29, 1.82) is 0 Å². The highest BCUT2D eigenvalue weighted by Crippen LogP contribution is 2.34. The molecule has 10 heteroatoms. The summed E-state index contributed by atoms with van der Waals surface area (Å²) in [5.74, 6) is 0.444. The number of halogens is 2. The van der Waals surface area contributed by atoms with Crippen LogP contribution in [0.3, 0.4) is 0 Å². The largest absolute Gasteiger partial charge is 0.490 e. The summed E-state index contributed by atoms with van der Waals surface area (Å²) in [7, 11) is 0. The van der Waals surface area contributed by atoms with Gasteiger partial charge in [0.2, 0.25) is 0 Å². The van der Waals surface area contributed by atoms with E-state index in [9.17, 15) is 14.9 Å². The highest BCUT2D eigenvalue weighted by molar-refractivity contribution is 14.1. The number of benzene rings is 3. The number of carbonyl (C=O) groups excluding carboxylic acids is 1. The second kappa shape index (κ2) is 11.6. The average molecular weight is 580 g/mol. The van der Waals surface area contributed by atoms with Crippen molar-refractivity contribution >= 4 is 52.0 Å². The standard InChI is InChI=1S/C23H19ClIN3O5/c1-2-32-21-12-16(11-19(25)22(21)33-14-15-7-9-17(24)10-8-15)13-26-27-23(29)18-5-3-4-6-20(18)28(30)31/h3-13H,2,14H2,1H3,(H,27,29)/b26-13-. The van der Waals surface area contributed by atoms with E-state index in [0.717, 1.165) is 9.13 Å². The molecular weight excluding hydrogens is 561 g/mol. The van der Waals surface area contributed by atoms with Gasteiger partial charge in [0.05, 0.1) is 21.3 Å². The van der Waals surface area contributed by atoms with E-state index in [-0.39, 0.29) is 11.3 Å². The Kier molecular flexibility index (Phi) is 8.61. The Labute approximate surface area is 208 Å². The van der Waals surface area contributed by atoms with Crippen LogP contribution >= 0.6 is 34.2 Å². The fourth-order valence-corrected chi connectivity index (χ4v) is 3.76. The van der Waals surface area contributed by atoms with Gasteiger partial charge in [-0.3, -0.25) is 14.9 Å². The van der Waals surface area contributed by atoms with Crippen LogP contribution in [-0.2, 0) is 6.61 Å². The lowest BCUT2D eigenvalue weighted by Crippen LogP contribution is -2.19. The SMILES string of the molecule is CCOc1cc(/C=N\NC(=O)c2ccccc2[N+](=O)[O-])cc(I)c1OCc1ccc(Cl)cc1. The predicted molar refractivity (Wildman–Crippen MR) is 134 cm³/mol. The molecule has 0 fully saturated rings. The Morgan fingerprint density at radius 2 is 1.91 bits per heavy atom. The summed E-state index contributed by atoms with van der Waals surface area (Å²) < 4.78 is 12.5. The van der Waals surface area contributed by atoms with Crippen LogP contribution in [-0.4, -0.2) is 23.7 Å². The zero-order valence-electron chi connectivity index (χ0n) is 17.5. The lowest BCUT2D eigenvalue weighted by atomic mass is 10.2. The average Bonchev–Trinajstić information content (AvgIpc) is 2.80. The monoisotopic (exact) mass is 579 g/mol. The van der Waals surface area contributed by atoms with Crippen molar-refractivity contribution < 1.29 is 19.2 Å². The van der Waals surface area contributed by atoms with Crippen molar-refractivity contribution in [1.82, 2.24) is 5.43 Å². The number of para-hydroxylation sites is 1. The molecule has 8 nitrogen and oxygen atoms in total. The van der Waals surface area contributed by atoms with E-state index in [1.807, 2.05) is 25.1 Å². The summed E-state index contributed by atoms with van der Waals surface area (Å²) in [6, 6.07) is 16.6. The van der Waals surface area contributed by atoms with Gasteiger partial charge in [0, 0.05) is 11.1 Å². The molecule has 1 N–H and O–H groups in total. The minimum absolute atomic E-state index is 0.0739. The fraction of sp³-hybridized carbons (Fsp3) is 0.130. The predicted octanol–water partition coefficient (Wildman–Crippen LogP) is 5.59.